The molecule has 0 saturated carbocycles. The number of para-hydroxylation sites is 1. The van der Waals surface area contributed by atoms with Gasteiger partial charge in [-0.3, -0.25) is 4.90 Å². The molecule has 5 heteroatoms. The van der Waals surface area contributed by atoms with E-state index in [4.69, 9.17) is 9.47 Å². The summed E-state index contributed by atoms with van der Waals surface area (Å²) in [5, 5.41) is 10.3. The van der Waals surface area contributed by atoms with Crippen LogP contribution in [0.4, 0.5) is 0 Å². The Hall–Kier alpha value is -1.69. The summed E-state index contributed by atoms with van der Waals surface area (Å²) in [6, 6.07) is 16.3. The lowest BCUT2D eigenvalue weighted by Crippen LogP contribution is -2.40. The van der Waals surface area contributed by atoms with E-state index in [0.717, 1.165) is 48.9 Å². The highest BCUT2D eigenvalue weighted by molar-refractivity contribution is 7.99. The minimum absolute atomic E-state index is 0.337. The number of hydrogen-bond donors (Lipinski definition) is 1. The average Bonchev–Trinajstić information content (AvgIpc) is 2.72. The molecule has 1 aliphatic rings. The summed E-state index contributed by atoms with van der Waals surface area (Å²) < 4.78 is 11.2. The van der Waals surface area contributed by atoms with Gasteiger partial charge < -0.3 is 14.6 Å². The molecular formula is C22H29NO3S. The maximum Gasteiger partial charge on any atom is 0.122 e. The van der Waals surface area contributed by atoms with Crippen LogP contribution in [0.1, 0.15) is 11.1 Å². The van der Waals surface area contributed by atoms with Gasteiger partial charge in [-0.25, -0.2) is 0 Å². The summed E-state index contributed by atoms with van der Waals surface area (Å²) in [7, 11) is 1.68. The number of β-amino-alcohol motifs (C(OH)–C–C–N with tert-alkyl or cyclic N) is 1. The third-order valence-corrected chi connectivity index (χ3v) is 5.76. The smallest absolute Gasteiger partial charge is 0.122 e. The molecule has 1 fully saturated rings. The van der Waals surface area contributed by atoms with Gasteiger partial charge in [-0.05, 0) is 42.2 Å². The van der Waals surface area contributed by atoms with E-state index < -0.39 is 6.10 Å². The molecule has 1 atom stereocenters. The van der Waals surface area contributed by atoms with Crippen LogP contribution in [0, 0.1) is 0 Å². The molecule has 2 aromatic rings. The number of aryl methyl sites for hydroxylation is 2. The van der Waals surface area contributed by atoms with Crippen LogP contribution < -0.4 is 9.47 Å². The fourth-order valence-corrected chi connectivity index (χ4v) is 4.22. The predicted octanol–water partition coefficient (Wildman–Crippen LogP) is 3.27. The Balaban J connectivity index is 1.50. The number of hydrogen-bond acceptors (Lipinski definition) is 5. The lowest BCUT2D eigenvalue weighted by atomic mass is 10.0. The quantitative estimate of drug-likeness (QED) is 0.715. The van der Waals surface area contributed by atoms with Crippen LogP contribution in [0.2, 0.25) is 0 Å². The summed E-state index contributed by atoms with van der Waals surface area (Å²) in [5.74, 6) is 4.06. The largest absolute Gasteiger partial charge is 0.497 e. The molecule has 1 saturated heterocycles. The van der Waals surface area contributed by atoms with E-state index in [1.807, 2.05) is 42.1 Å². The fraction of sp³-hybridized carbons (Fsp3) is 0.455. The second-order valence-corrected chi connectivity index (χ2v) is 8.06. The van der Waals surface area contributed by atoms with Gasteiger partial charge in [-0.15, -0.1) is 0 Å². The third kappa shape index (κ3) is 6.45. The van der Waals surface area contributed by atoms with Crippen molar-refractivity contribution in [2.75, 3.05) is 44.9 Å². The van der Waals surface area contributed by atoms with Crippen LogP contribution in [-0.2, 0) is 12.8 Å². The van der Waals surface area contributed by atoms with E-state index in [2.05, 4.69) is 23.1 Å². The van der Waals surface area contributed by atoms with Crippen LogP contribution >= 0.6 is 11.8 Å². The molecular weight excluding hydrogens is 358 g/mol. The average molecular weight is 388 g/mol. The molecule has 27 heavy (non-hydrogen) atoms. The maximum atomic E-state index is 10.3. The van der Waals surface area contributed by atoms with E-state index in [9.17, 15) is 5.11 Å². The van der Waals surface area contributed by atoms with Gasteiger partial charge in [0.05, 0.1) is 7.11 Å². The number of rotatable bonds is 9. The SMILES string of the molecule is COc1ccc(CCc2ccccc2OC[C@@H](O)CN2CCSCC2)cc1. The Morgan fingerprint density at radius 3 is 2.52 bits per heavy atom. The van der Waals surface area contributed by atoms with Crippen LogP contribution in [0.5, 0.6) is 11.5 Å². The number of aliphatic hydroxyl groups excluding tert-OH is 1. The highest BCUT2D eigenvalue weighted by atomic mass is 32.2. The minimum atomic E-state index is -0.456. The Labute approximate surface area is 166 Å². The highest BCUT2D eigenvalue weighted by Gasteiger charge is 2.15. The van der Waals surface area contributed by atoms with Crippen molar-refractivity contribution in [2.24, 2.45) is 0 Å². The highest BCUT2D eigenvalue weighted by Crippen LogP contribution is 2.21. The number of benzene rings is 2. The number of thioether (sulfide) groups is 1. The molecule has 0 spiro atoms. The van der Waals surface area contributed by atoms with Crippen molar-refractivity contribution in [1.82, 2.24) is 4.90 Å². The van der Waals surface area contributed by atoms with Crippen LogP contribution in [0.3, 0.4) is 0 Å². The monoisotopic (exact) mass is 387 g/mol. The van der Waals surface area contributed by atoms with Gasteiger partial charge in [0, 0.05) is 31.1 Å². The molecule has 0 amide bonds. The first-order valence-corrected chi connectivity index (χ1v) is 10.7. The molecule has 1 aliphatic heterocycles. The topological polar surface area (TPSA) is 41.9 Å². The Morgan fingerprint density at radius 2 is 1.78 bits per heavy atom. The molecule has 4 nitrogen and oxygen atoms in total. The third-order valence-electron chi connectivity index (χ3n) is 4.82. The zero-order valence-electron chi connectivity index (χ0n) is 16.0. The van der Waals surface area contributed by atoms with Crippen LogP contribution in [0.15, 0.2) is 48.5 Å². The zero-order chi connectivity index (χ0) is 18.9. The van der Waals surface area contributed by atoms with Gasteiger partial charge in [-0.1, -0.05) is 30.3 Å². The van der Waals surface area contributed by atoms with Gasteiger partial charge in [-0.2, -0.15) is 11.8 Å². The van der Waals surface area contributed by atoms with Crippen molar-refractivity contribution in [3.63, 3.8) is 0 Å². The van der Waals surface area contributed by atoms with Gasteiger partial charge >= 0.3 is 0 Å². The molecule has 0 unspecified atom stereocenters. The molecule has 0 aromatic heterocycles. The van der Waals surface area contributed by atoms with E-state index in [1.54, 1.807) is 7.11 Å². The first-order chi connectivity index (χ1) is 13.2. The molecule has 0 radical (unpaired) electrons. The standard InChI is InChI=1S/C22H29NO3S/c1-25-21-10-7-18(8-11-21)6-9-19-4-2-3-5-22(19)26-17-20(24)16-23-12-14-27-15-13-23/h2-5,7-8,10-11,20,24H,6,9,12-17H2,1H3/t20-/m0/s1. The lowest BCUT2D eigenvalue weighted by molar-refractivity contribution is 0.0712. The molecule has 0 aliphatic carbocycles. The summed E-state index contributed by atoms with van der Waals surface area (Å²) >= 11 is 1.98. The van der Waals surface area contributed by atoms with Crippen molar-refractivity contribution in [1.29, 1.82) is 0 Å². The van der Waals surface area contributed by atoms with Gasteiger partial charge in [0.2, 0.25) is 0 Å². The number of methoxy groups -OCH3 is 1. The summed E-state index contributed by atoms with van der Waals surface area (Å²) in [6.45, 7) is 3.14. The molecule has 146 valence electrons. The second-order valence-electron chi connectivity index (χ2n) is 6.83. The molecule has 1 N–H and O–H groups in total. The first-order valence-electron chi connectivity index (χ1n) is 9.56. The van der Waals surface area contributed by atoms with E-state index in [1.165, 1.54) is 11.1 Å². The van der Waals surface area contributed by atoms with Crippen LogP contribution in [0.25, 0.3) is 0 Å². The Morgan fingerprint density at radius 1 is 1.04 bits per heavy atom. The normalized spacial score (nSPS) is 16.1. The summed E-state index contributed by atoms with van der Waals surface area (Å²) in [5.41, 5.74) is 2.45. The number of aliphatic hydroxyl groups is 1. The zero-order valence-corrected chi connectivity index (χ0v) is 16.8. The van der Waals surface area contributed by atoms with Crippen molar-refractivity contribution < 1.29 is 14.6 Å². The maximum absolute atomic E-state index is 10.3. The van der Waals surface area contributed by atoms with Crippen molar-refractivity contribution in [3.8, 4) is 11.5 Å². The van der Waals surface area contributed by atoms with Crippen molar-refractivity contribution in [3.05, 3.63) is 59.7 Å². The molecule has 1 heterocycles. The number of ether oxygens (including phenoxy) is 2. The van der Waals surface area contributed by atoms with Gasteiger partial charge in [0.1, 0.15) is 24.2 Å². The van der Waals surface area contributed by atoms with E-state index >= 15 is 0 Å². The second kappa shape index (κ2) is 10.6. The fourth-order valence-electron chi connectivity index (χ4n) is 3.24. The van der Waals surface area contributed by atoms with Crippen molar-refractivity contribution >= 4 is 11.8 Å². The molecule has 2 aromatic carbocycles. The predicted molar refractivity (Wildman–Crippen MR) is 112 cm³/mol. The lowest BCUT2D eigenvalue weighted by Gasteiger charge is -2.28. The summed E-state index contributed by atoms with van der Waals surface area (Å²) in [4.78, 5) is 2.32. The van der Waals surface area contributed by atoms with Crippen molar-refractivity contribution in [2.45, 2.75) is 18.9 Å². The van der Waals surface area contributed by atoms with E-state index in [0.29, 0.717) is 13.2 Å². The Bertz CT molecular complexity index is 686. The van der Waals surface area contributed by atoms with Gasteiger partial charge in [0.25, 0.3) is 0 Å². The first kappa shape index (κ1) is 20.1. The molecule has 0 bridgehead atoms. The number of nitrogens with zero attached hydrogens (tertiary/aromatic N) is 1. The molecule has 3 rings (SSSR count). The van der Waals surface area contributed by atoms with E-state index in [-0.39, 0.29) is 0 Å². The minimum Gasteiger partial charge on any atom is -0.497 e. The van der Waals surface area contributed by atoms with Crippen LogP contribution in [-0.4, -0.2) is 61.0 Å². The van der Waals surface area contributed by atoms with Gasteiger partial charge in [0.15, 0.2) is 0 Å². The Kier molecular flexibility index (Phi) is 7.87. The summed E-state index contributed by atoms with van der Waals surface area (Å²) in [6.07, 6.45) is 1.39.